The molecule has 13 heteroatoms. The van der Waals surface area contributed by atoms with E-state index in [0.29, 0.717) is 49.4 Å². The molecule has 54 heavy (non-hydrogen) atoms. The van der Waals surface area contributed by atoms with Crippen LogP contribution in [0.25, 0.3) is 0 Å². The van der Waals surface area contributed by atoms with Crippen LogP contribution in [0.5, 0.6) is 17.2 Å². The number of hydrogen-bond donors (Lipinski definition) is 0. The smallest absolute Gasteiger partial charge is 0.412 e. The number of methoxy groups -OCH3 is 3. The average Bonchev–Trinajstić information content (AvgIpc) is 3.16. The number of ether oxygens (including phenoxy) is 8. The highest BCUT2D eigenvalue weighted by Crippen LogP contribution is 2.42. The molecule has 1 unspecified atom stereocenters. The molecule has 0 aromatic heterocycles. The number of benzene rings is 3. The van der Waals surface area contributed by atoms with E-state index >= 15 is 0 Å². The summed E-state index contributed by atoms with van der Waals surface area (Å²) >= 11 is 6.19. The summed E-state index contributed by atoms with van der Waals surface area (Å²) in [5, 5.41) is 0.562. The molecular formula is C41H53ClN2O10. The van der Waals surface area contributed by atoms with Crippen LogP contribution in [0.3, 0.4) is 0 Å². The molecule has 2 aliphatic rings. The van der Waals surface area contributed by atoms with E-state index in [-0.39, 0.29) is 13.2 Å². The maximum atomic E-state index is 13.7. The summed E-state index contributed by atoms with van der Waals surface area (Å²) in [4.78, 5) is 31.1. The number of nitrogens with zero attached hydrogens (tertiary/aromatic N) is 2. The Hall–Kier alpha value is -4.23. The Morgan fingerprint density at radius 2 is 1.69 bits per heavy atom. The van der Waals surface area contributed by atoms with Crippen LogP contribution in [-0.4, -0.2) is 102 Å². The second kappa shape index (κ2) is 19.4. The predicted octanol–water partition coefficient (Wildman–Crippen LogP) is 7.10. The lowest BCUT2D eigenvalue weighted by molar-refractivity contribution is -0.177. The minimum atomic E-state index is -0.979. The number of anilines is 1. The molecule has 1 saturated heterocycles. The van der Waals surface area contributed by atoms with Crippen LogP contribution in [0.4, 0.5) is 10.5 Å². The fourth-order valence-corrected chi connectivity index (χ4v) is 6.98. The van der Waals surface area contributed by atoms with Crippen LogP contribution in [0, 0.1) is 5.92 Å². The van der Waals surface area contributed by atoms with E-state index < -0.39 is 41.8 Å². The van der Waals surface area contributed by atoms with Crippen molar-refractivity contribution >= 4 is 29.4 Å². The van der Waals surface area contributed by atoms with Gasteiger partial charge >= 0.3 is 12.1 Å². The third-order valence-electron chi connectivity index (χ3n) is 9.26. The first-order valence-corrected chi connectivity index (χ1v) is 18.7. The number of halogens is 1. The molecule has 3 aromatic rings. The maximum Gasteiger partial charge on any atom is 0.412 e. The van der Waals surface area contributed by atoms with Gasteiger partial charge in [-0.25, -0.2) is 4.79 Å². The first-order chi connectivity index (χ1) is 26.0. The largest absolute Gasteiger partial charge is 0.493 e. The van der Waals surface area contributed by atoms with Crippen molar-refractivity contribution in [1.82, 2.24) is 4.90 Å². The summed E-state index contributed by atoms with van der Waals surface area (Å²) in [6.45, 7) is 9.44. The molecule has 0 radical (unpaired) electrons. The molecule has 5 rings (SSSR count). The van der Waals surface area contributed by atoms with Crippen molar-refractivity contribution in [3.63, 3.8) is 0 Å². The van der Waals surface area contributed by atoms with E-state index in [1.54, 1.807) is 33.9 Å². The monoisotopic (exact) mass is 768 g/mol. The van der Waals surface area contributed by atoms with Crippen molar-refractivity contribution in [2.24, 2.45) is 5.92 Å². The Bertz CT molecular complexity index is 1670. The van der Waals surface area contributed by atoms with E-state index in [1.165, 1.54) is 19.1 Å². The predicted molar refractivity (Wildman–Crippen MR) is 205 cm³/mol. The van der Waals surface area contributed by atoms with Crippen LogP contribution in [0.2, 0.25) is 5.02 Å². The average molecular weight is 769 g/mol. The number of fused-ring (bicyclic) bond motifs is 1. The lowest BCUT2D eigenvalue weighted by Gasteiger charge is -2.47. The summed E-state index contributed by atoms with van der Waals surface area (Å²) in [6, 6.07) is 20.9. The fourth-order valence-electron chi connectivity index (χ4n) is 6.79. The number of carbonyl (C=O) groups excluding carboxylic acids is 2. The van der Waals surface area contributed by atoms with Gasteiger partial charge in [-0.1, -0.05) is 41.9 Å². The molecule has 1 fully saturated rings. The molecule has 0 saturated carbocycles. The number of carbonyl (C=O) groups is 2. The number of likely N-dealkylation sites (tertiary alicyclic amines) is 1. The lowest BCUT2D eigenvalue weighted by atomic mass is 9.77. The van der Waals surface area contributed by atoms with Crippen LogP contribution < -0.4 is 19.1 Å². The summed E-state index contributed by atoms with van der Waals surface area (Å²) in [5.74, 6) is 0.0831. The van der Waals surface area contributed by atoms with E-state index in [1.807, 2.05) is 54.6 Å². The van der Waals surface area contributed by atoms with E-state index in [2.05, 4.69) is 11.0 Å². The Kier molecular flexibility index (Phi) is 14.7. The molecule has 1 amide bonds. The third kappa shape index (κ3) is 10.7. The first-order valence-electron chi connectivity index (χ1n) is 18.3. The highest BCUT2D eigenvalue weighted by molar-refractivity contribution is 6.32. The van der Waals surface area contributed by atoms with Gasteiger partial charge in [0, 0.05) is 39.7 Å². The molecule has 0 bridgehead atoms. The Morgan fingerprint density at radius 1 is 0.926 bits per heavy atom. The number of amides is 1. The zero-order valence-corrected chi connectivity index (χ0v) is 32.8. The topological polar surface area (TPSA) is 114 Å². The Labute approximate surface area is 323 Å². The third-order valence-corrected chi connectivity index (χ3v) is 9.57. The van der Waals surface area contributed by atoms with Gasteiger partial charge in [0.05, 0.1) is 56.8 Å². The minimum Gasteiger partial charge on any atom is -0.493 e. The highest BCUT2D eigenvalue weighted by Gasteiger charge is 2.52. The van der Waals surface area contributed by atoms with Crippen molar-refractivity contribution < 1.29 is 47.5 Å². The minimum absolute atomic E-state index is 0.104. The number of hydrogen-bond acceptors (Lipinski definition) is 11. The molecule has 0 N–H and O–H groups in total. The lowest BCUT2D eigenvalue weighted by Crippen LogP contribution is -2.60. The zero-order valence-electron chi connectivity index (χ0n) is 32.1. The summed E-state index contributed by atoms with van der Waals surface area (Å²) in [6.07, 6.45) is -0.709. The van der Waals surface area contributed by atoms with Crippen LogP contribution in [0.15, 0.2) is 66.7 Å². The van der Waals surface area contributed by atoms with Gasteiger partial charge in [-0.05, 0) is 74.7 Å². The molecule has 0 aliphatic carbocycles. The second-order valence-electron chi connectivity index (χ2n) is 14.2. The molecule has 0 spiro atoms. The summed E-state index contributed by atoms with van der Waals surface area (Å²) in [7, 11) is 4.50. The second-order valence-corrected chi connectivity index (χ2v) is 14.6. The van der Waals surface area contributed by atoms with E-state index in [4.69, 9.17) is 49.5 Å². The van der Waals surface area contributed by atoms with Crippen LogP contribution >= 0.6 is 11.6 Å². The molecule has 12 nitrogen and oxygen atoms in total. The number of rotatable bonds is 16. The van der Waals surface area contributed by atoms with Crippen molar-refractivity contribution in [3.05, 3.63) is 82.9 Å². The SMILES string of the molecule is COCCCN1CCOc2ccc(CO[C@H]3CN(C(=O)OC(C)(C)C)C(OC)[C@@H](C(=O)OC)[C@@H]3c3ccc(OCCCOc4ccccc4Cl)cc3)cc21. The Morgan fingerprint density at radius 3 is 2.39 bits per heavy atom. The normalized spacial score (nSPS) is 19.8. The molecule has 2 heterocycles. The van der Waals surface area contributed by atoms with E-state index in [0.717, 1.165) is 42.1 Å². The van der Waals surface area contributed by atoms with Crippen molar-refractivity contribution in [2.45, 2.75) is 64.1 Å². The number of piperidine rings is 1. The van der Waals surface area contributed by atoms with Gasteiger partial charge in [-0.2, -0.15) is 0 Å². The van der Waals surface area contributed by atoms with Crippen molar-refractivity contribution in [3.8, 4) is 17.2 Å². The number of esters is 1. The molecule has 3 aromatic carbocycles. The van der Waals surface area contributed by atoms with Gasteiger partial charge < -0.3 is 42.8 Å². The quantitative estimate of drug-likeness (QED) is 0.110. The van der Waals surface area contributed by atoms with Gasteiger partial charge in [-0.15, -0.1) is 0 Å². The van der Waals surface area contributed by atoms with Crippen LogP contribution in [0.1, 0.15) is 50.7 Å². The van der Waals surface area contributed by atoms with Gasteiger partial charge in [0.25, 0.3) is 0 Å². The Balaban J connectivity index is 1.37. The standard InChI is InChI=1S/C41H53ClN2O10/c1-41(2,3)54-40(46)44-26-35(53-27-28-13-18-34-32(25-28)43(20-24-52-34)19-9-21-47-4)36(37(38(44)48-5)39(45)49-6)29-14-16-30(17-15-29)50-22-10-23-51-33-12-8-7-11-31(33)42/h7-8,11-18,25,35-38H,9-10,19-24,26-27H2,1-6H3/t35-,36+,37-,38?/m0/s1. The van der Waals surface area contributed by atoms with E-state index in [9.17, 15) is 9.59 Å². The summed E-state index contributed by atoms with van der Waals surface area (Å²) < 4.78 is 46.7. The highest BCUT2D eigenvalue weighted by atomic mass is 35.5. The fraction of sp³-hybridized carbons (Fsp3) is 0.512. The maximum absolute atomic E-state index is 13.7. The van der Waals surface area contributed by atoms with Gasteiger partial charge in [0.2, 0.25) is 0 Å². The molecular weight excluding hydrogens is 716 g/mol. The molecule has 4 atom stereocenters. The zero-order chi connectivity index (χ0) is 38.7. The first kappa shape index (κ1) is 40.9. The van der Waals surface area contributed by atoms with Gasteiger partial charge in [0.1, 0.15) is 41.6 Å². The van der Waals surface area contributed by atoms with Crippen molar-refractivity contribution in [1.29, 1.82) is 0 Å². The number of para-hydroxylation sites is 1. The van der Waals surface area contributed by atoms with Crippen molar-refractivity contribution in [2.75, 3.05) is 72.3 Å². The summed E-state index contributed by atoms with van der Waals surface area (Å²) in [5.41, 5.74) is 1.94. The van der Waals surface area contributed by atoms with Crippen LogP contribution in [-0.2, 0) is 35.1 Å². The molecule has 294 valence electrons. The van der Waals surface area contributed by atoms with Gasteiger partial charge in [-0.3, -0.25) is 9.69 Å². The van der Waals surface area contributed by atoms with Gasteiger partial charge in [0.15, 0.2) is 0 Å². The molecule has 2 aliphatic heterocycles.